The van der Waals surface area contributed by atoms with Crippen molar-refractivity contribution in [2.75, 3.05) is 0 Å². The van der Waals surface area contributed by atoms with Crippen LogP contribution in [0, 0.1) is 6.92 Å². The Kier molecular flexibility index (Phi) is 9.56. The second kappa shape index (κ2) is 15.4. The van der Waals surface area contributed by atoms with E-state index < -0.39 is 7.92 Å². The van der Waals surface area contributed by atoms with E-state index in [4.69, 9.17) is 0 Å². The number of allylic oxidation sites excluding steroid dienone is 2. The average molecular weight is 870 g/mol. The molecule has 3 atom stereocenters. The van der Waals surface area contributed by atoms with Gasteiger partial charge in [0.25, 0.3) is 0 Å². The van der Waals surface area contributed by atoms with Crippen LogP contribution in [0.2, 0.25) is 0 Å². The van der Waals surface area contributed by atoms with E-state index in [1.807, 2.05) is 0 Å². The van der Waals surface area contributed by atoms with Crippen molar-refractivity contribution in [1.82, 2.24) is 5.32 Å². The summed E-state index contributed by atoms with van der Waals surface area (Å²) in [7, 11) is -0.531. The van der Waals surface area contributed by atoms with Gasteiger partial charge in [-0.3, -0.25) is 5.32 Å². The molecule has 1 heterocycles. The van der Waals surface area contributed by atoms with Gasteiger partial charge < -0.3 is 0 Å². The summed E-state index contributed by atoms with van der Waals surface area (Å²) in [5.74, 6) is 0.580. The largest absolute Gasteiger partial charge is 0.295 e. The summed E-state index contributed by atoms with van der Waals surface area (Å²) < 4.78 is 0. The van der Waals surface area contributed by atoms with Crippen molar-refractivity contribution in [2.45, 2.75) is 77.3 Å². The van der Waals surface area contributed by atoms with Gasteiger partial charge in [-0.25, -0.2) is 0 Å². The van der Waals surface area contributed by atoms with Crippen molar-refractivity contribution in [1.29, 1.82) is 0 Å². The molecule has 2 heteroatoms. The van der Waals surface area contributed by atoms with Crippen molar-refractivity contribution >= 4 is 13.2 Å². The summed E-state index contributed by atoms with van der Waals surface area (Å²) in [6, 6.07) is 63.0. The number of aryl methyl sites for hydroxylation is 1. The topological polar surface area (TPSA) is 12.0 Å². The molecule has 1 N–H and O–H groups in total. The van der Waals surface area contributed by atoms with Crippen molar-refractivity contribution in [2.24, 2.45) is 0 Å². The second-order valence-corrected chi connectivity index (χ2v) is 22.3. The van der Waals surface area contributed by atoms with Crippen LogP contribution in [0.4, 0.5) is 0 Å². The van der Waals surface area contributed by atoms with Gasteiger partial charge in [0.05, 0.1) is 11.6 Å². The Hall–Kier alpha value is -6.37. The number of hydrogen-bond acceptors (Lipinski definition) is 1. The summed E-state index contributed by atoms with van der Waals surface area (Å²) in [6.07, 6.45) is 7.63. The standard InChI is InChI=1S/C64H56NP/c1-8-20-40(9-2)61-65-62(66(61)45-24-11-10-12-25-45)43-23-17-21-41(35-43)46-28-18-22-42-36-51-50(47-29-19-32-55-59(47)48-26-13-15-30-53(48)63(55,4)5)37-44(38-52(51)58(42)46)57-39(3)33-34-56-60(57)49-27-14-16-31-54(49)64(56,6)7/h8-35,37-38,61-62,65H,36H2,1-7H3/b20-8-,40-9+. The maximum absolute atomic E-state index is 4.06. The van der Waals surface area contributed by atoms with Gasteiger partial charge in [-0.2, -0.15) is 0 Å². The van der Waals surface area contributed by atoms with E-state index in [0.29, 0.717) is 5.78 Å². The molecule has 0 bridgehead atoms. The molecule has 3 unspecified atom stereocenters. The zero-order valence-electron chi connectivity index (χ0n) is 39.1. The lowest BCUT2D eigenvalue weighted by molar-refractivity contribution is 0.611. The van der Waals surface area contributed by atoms with Gasteiger partial charge in [-0.1, -0.05) is 192 Å². The minimum Gasteiger partial charge on any atom is -0.295 e. The van der Waals surface area contributed by atoms with Crippen molar-refractivity contribution in [3.8, 4) is 66.8 Å². The first kappa shape index (κ1) is 41.1. The second-order valence-electron chi connectivity index (χ2n) is 19.9. The molecule has 3 aliphatic carbocycles. The first-order valence-electron chi connectivity index (χ1n) is 23.9. The SMILES string of the molecule is C/C=C\C(=C/C)C1NC(c2cccc(-c3cccc4c3-c3cc(-c5c(C)ccc6c5-c5ccccc5C6(C)C)cc(-c5cccc6c5-c5ccccc5C6(C)C)c3C4)c2)P1c1ccccc1. The molecule has 8 aromatic carbocycles. The van der Waals surface area contributed by atoms with E-state index in [0.717, 1.165) is 6.42 Å². The van der Waals surface area contributed by atoms with Crippen molar-refractivity contribution < 1.29 is 0 Å². The summed E-state index contributed by atoms with van der Waals surface area (Å²) in [5.41, 5.74) is 28.5. The van der Waals surface area contributed by atoms with E-state index in [-0.39, 0.29) is 16.6 Å². The monoisotopic (exact) mass is 869 g/mol. The molecule has 0 saturated carbocycles. The molecular formula is C64H56NP. The molecule has 0 spiro atoms. The highest BCUT2D eigenvalue weighted by Gasteiger charge is 2.44. The quantitative estimate of drug-likeness (QED) is 0.124. The van der Waals surface area contributed by atoms with Crippen LogP contribution >= 0.6 is 7.92 Å². The predicted molar refractivity (Wildman–Crippen MR) is 282 cm³/mol. The number of nitrogens with one attached hydrogen (secondary N) is 1. The van der Waals surface area contributed by atoms with Crippen LogP contribution in [0.3, 0.4) is 0 Å². The summed E-state index contributed by atoms with van der Waals surface area (Å²) in [6.45, 7) is 16.2. The Morgan fingerprint density at radius 3 is 1.89 bits per heavy atom. The molecule has 1 saturated heterocycles. The summed E-state index contributed by atoms with van der Waals surface area (Å²) in [5, 5.41) is 5.50. The molecule has 1 fully saturated rings. The van der Waals surface area contributed by atoms with Crippen LogP contribution < -0.4 is 10.6 Å². The smallest absolute Gasteiger partial charge is 0.0589 e. The number of fused-ring (bicyclic) bond motifs is 9. The maximum atomic E-state index is 4.06. The number of hydrogen-bond donors (Lipinski definition) is 1. The Morgan fingerprint density at radius 1 is 0.530 bits per heavy atom. The van der Waals surface area contributed by atoms with Crippen molar-refractivity contribution in [3.05, 3.63) is 232 Å². The van der Waals surface area contributed by atoms with Crippen LogP contribution in [0.25, 0.3) is 66.8 Å². The third-order valence-corrected chi connectivity index (χ3v) is 18.5. The molecule has 4 aliphatic rings. The highest BCUT2D eigenvalue weighted by atomic mass is 31.1. The van der Waals surface area contributed by atoms with Gasteiger partial charge in [0.1, 0.15) is 0 Å². The lowest BCUT2D eigenvalue weighted by Gasteiger charge is -2.48. The van der Waals surface area contributed by atoms with Gasteiger partial charge >= 0.3 is 0 Å². The average Bonchev–Trinajstić information content (AvgIpc) is 3.91. The predicted octanol–water partition coefficient (Wildman–Crippen LogP) is 16.4. The Morgan fingerprint density at radius 2 is 1.15 bits per heavy atom. The van der Waals surface area contributed by atoms with Gasteiger partial charge in [0.15, 0.2) is 0 Å². The molecule has 1 nitrogen and oxygen atoms in total. The van der Waals surface area contributed by atoms with Crippen LogP contribution in [0.5, 0.6) is 0 Å². The molecule has 66 heavy (non-hydrogen) atoms. The van der Waals surface area contributed by atoms with E-state index >= 15 is 0 Å². The van der Waals surface area contributed by atoms with Gasteiger partial charge in [-0.15, -0.1) is 0 Å². The van der Waals surface area contributed by atoms with E-state index in [2.05, 4.69) is 236 Å². The first-order chi connectivity index (χ1) is 32.1. The molecule has 12 rings (SSSR count). The molecule has 1 aliphatic heterocycles. The van der Waals surface area contributed by atoms with E-state index in [9.17, 15) is 0 Å². The van der Waals surface area contributed by atoms with Crippen LogP contribution in [0.15, 0.2) is 188 Å². The van der Waals surface area contributed by atoms with Gasteiger partial charge in [-0.05, 0) is 175 Å². The minimum absolute atomic E-state index is 0.0900. The Bertz CT molecular complexity index is 3360. The highest BCUT2D eigenvalue weighted by molar-refractivity contribution is 7.68. The molecule has 8 aromatic rings. The van der Waals surface area contributed by atoms with Crippen LogP contribution in [0.1, 0.15) is 91.8 Å². The fraction of sp³-hybridized carbons (Fsp3) is 0.188. The van der Waals surface area contributed by atoms with Gasteiger partial charge in [0, 0.05) is 10.8 Å². The Labute approximate surface area is 392 Å². The van der Waals surface area contributed by atoms with Crippen LogP contribution in [-0.2, 0) is 17.3 Å². The normalized spacial score (nSPS) is 19.1. The van der Waals surface area contributed by atoms with E-state index in [1.54, 1.807) is 0 Å². The fourth-order valence-electron chi connectivity index (χ4n) is 12.4. The minimum atomic E-state index is -0.531. The Balaban J connectivity index is 1.07. The number of benzene rings is 8. The van der Waals surface area contributed by atoms with Crippen molar-refractivity contribution in [3.63, 3.8) is 0 Å². The zero-order chi connectivity index (χ0) is 45.1. The van der Waals surface area contributed by atoms with Gasteiger partial charge in [0.2, 0.25) is 0 Å². The zero-order valence-corrected chi connectivity index (χ0v) is 40.0. The fourth-order valence-corrected chi connectivity index (χ4v) is 15.2. The molecular weight excluding hydrogens is 814 g/mol. The first-order valence-corrected chi connectivity index (χ1v) is 25.3. The number of rotatable bonds is 7. The third kappa shape index (κ3) is 5.99. The van der Waals surface area contributed by atoms with Crippen LogP contribution in [-0.4, -0.2) is 5.78 Å². The molecule has 0 aromatic heterocycles. The lowest BCUT2D eigenvalue weighted by Crippen LogP contribution is -2.47. The lowest BCUT2D eigenvalue weighted by atomic mass is 9.80. The molecule has 0 amide bonds. The maximum Gasteiger partial charge on any atom is 0.0589 e. The summed E-state index contributed by atoms with van der Waals surface area (Å²) in [4.78, 5) is 0. The summed E-state index contributed by atoms with van der Waals surface area (Å²) >= 11 is 0. The molecule has 322 valence electrons. The van der Waals surface area contributed by atoms with E-state index in [1.165, 1.54) is 122 Å². The molecule has 0 radical (unpaired) electrons. The highest BCUT2D eigenvalue weighted by Crippen LogP contribution is 2.63. The third-order valence-electron chi connectivity index (χ3n) is 15.6.